The molecule has 0 fully saturated rings. The summed E-state index contributed by atoms with van der Waals surface area (Å²) >= 11 is 0. The number of carbonyl (C=O) groups excluding carboxylic acids is 1. The zero-order valence-corrected chi connectivity index (χ0v) is 18.3. The van der Waals surface area contributed by atoms with Gasteiger partial charge in [-0.05, 0) is 48.1 Å². The van der Waals surface area contributed by atoms with Crippen molar-refractivity contribution in [2.45, 2.75) is 51.1 Å². The van der Waals surface area contributed by atoms with Gasteiger partial charge in [-0.25, -0.2) is 13.6 Å². The van der Waals surface area contributed by atoms with Crippen LogP contribution in [0.15, 0.2) is 53.4 Å². The number of nitrogens with one attached hydrogen (secondary N) is 2. The number of rotatable bonds is 9. The van der Waals surface area contributed by atoms with E-state index in [0.29, 0.717) is 5.92 Å². The van der Waals surface area contributed by atoms with Crippen LogP contribution >= 0.6 is 0 Å². The monoisotopic (exact) mass is 417 g/mol. The molecule has 0 aliphatic carbocycles. The number of amides is 1. The SMILES string of the molecule is CCc1ccc([C@@H](NCC(=O)N[C@H](C)c2ccc(S(N)(=O)=O)cc2)C(C)C)cc1. The van der Waals surface area contributed by atoms with E-state index in [-0.39, 0.29) is 29.4 Å². The molecular weight excluding hydrogens is 386 g/mol. The summed E-state index contributed by atoms with van der Waals surface area (Å²) in [5, 5.41) is 11.4. The second kappa shape index (κ2) is 10.0. The van der Waals surface area contributed by atoms with E-state index in [2.05, 4.69) is 55.7 Å². The fourth-order valence-electron chi connectivity index (χ4n) is 3.22. The Morgan fingerprint density at radius 3 is 2.00 bits per heavy atom. The molecule has 158 valence electrons. The van der Waals surface area contributed by atoms with Crippen molar-refractivity contribution < 1.29 is 13.2 Å². The van der Waals surface area contributed by atoms with Gasteiger partial charge in [-0.1, -0.05) is 57.2 Å². The van der Waals surface area contributed by atoms with Crippen LogP contribution in [0.4, 0.5) is 0 Å². The minimum Gasteiger partial charge on any atom is -0.348 e. The highest BCUT2D eigenvalue weighted by atomic mass is 32.2. The topological polar surface area (TPSA) is 101 Å². The van der Waals surface area contributed by atoms with Crippen molar-refractivity contribution in [3.05, 3.63) is 65.2 Å². The molecule has 2 aromatic carbocycles. The predicted octanol–water partition coefficient (Wildman–Crippen LogP) is 3.06. The quantitative estimate of drug-likeness (QED) is 0.584. The Morgan fingerprint density at radius 2 is 1.52 bits per heavy atom. The first kappa shape index (κ1) is 23.1. The Balaban J connectivity index is 1.96. The first-order valence-corrected chi connectivity index (χ1v) is 11.4. The standard InChI is InChI=1S/C22H31N3O3S/c1-5-17-6-8-19(9-7-17)22(15(2)3)24-14-21(26)25-16(4)18-10-12-20(13-11-18)29(23,27)28/h6-13,15-16,22,24H,5,14H2,1-4H3,(H,25,26)(H2,23,27,28)/t16-,22+/m1/s1. The molecule has 2 rings (SSSR count). The van der Waals surface area contributed by atoms with Crippen molar-refractivity contribution in [2.24, 2.45) is 11.1 Å². The molecule has 7 heteroatoms. The molecule has 0 spiro atoms. The lowest BCUT2D eigenvalue weighted by molar-refractivity contribution is -0.121. The average molecular weight is 418 g/mol. The molecule has 0 heterocycles. The van der Waals surface area contributed by atoms with Gasteiger partial charge in [0.2, 0.25) is 15.9 Å². The molecule has 0 unspecified atom stereocenters. The molecule has 6 nitrogen and oxygen atoms in total. The largest absolute Gasteiger partial charge is 0.348 e. The van der Waals surface area contributed by atoms with E-state index in [4.69, 9.17) is 5.14 Å². The minimum absolute atomic E-state index is 0.0512. The van der Waals surface area contributed by atoms with E-state index in [1.807, 2.05) is 6.92 Å². The van der Waals surface area contributed by atoms with E-state index < -0.39 is 10.0 Å². The van der Waals surface area contributed by atoms with Gasteiger partial charge in [0.15, 0.2) is 0 Å². The molecule has 0 radical (unpaired) electrons. The zero-order valence-electron chi connectivity index (χ0n) is 17.5. The molecule has 2 atom stereocenters. The number of benzene rings is 2. The average Bonchev–Trinajstić information content (AvgIpc) is 2.67. The first-order chi connectivity index (χ1) is 13.6. The van der Waals surface area contributed by atoms with Crippen molar-refractivity contribution in [3.63, 3.8) is 0 Å². The fraction of sp³-hybridized carbons (Fsp3) is 0.409. The zero-order chi connectivity index (χ0) is 21.6. The van der Waals surface area contributed by atoms with Crippen LogP contribution in [0.3, 0.4) is 0 Å². The lowest BCUT2D eigenvalue weighted by atomic mass is 9.95. The molecule has 0 bridgehead atoms. The van der Waals surface area contributed by atoms with Crippen LogP contribution in [0.5, 0.6) is 0 Å². The molecule has 0 aliphatic rings. The van der Waals surface area contributed by atoms with Gasteiger partial charge in [0.05, 0.1) is 17.5 Å². The van der Waals surface area contributed by atoms with E-state index in [1.54, 1.807) is 12.1 Å². The second-order valence-electron chi connectivity index (χ2n) is 7.60. The predicted molar refractivity (Wildman–Crippen MR) is 116 cm³/mol. The maximum Gasteiger partial charge on any atom is 0.238 e. The highest BCUT2D eigenvalue weighted by Gasteiger charge is 2.18. The summed E-state index contributed by atoms with van der Waals surface area (Å²) in [6.45, 7) is 8.42. The van der Waals surface area contributed by atoms with Gasteiger partial charge in [-0.2, -0.15) is 0 Å². The van der Waals surface area contributed by atoms with E-state index >= 15 is 0 Å². The summed E-state index contributed by atoms with van der Waals surface area (Å²) in [6, 6.07) is 14.5. The summed E-state index contributed by atoms with van der Waals surface area (Å²) in [4.78, 5) is 12.5. The molecule has 1 amide bonds. The van der Waals surface area contributed by atoms with Crippen molar-refractivity contribution >= 4 is 15.9 Å². The Bertz CT molecular complexity index is 907. The van der Waals surface area contributed by atoms with Crippen molar-refractivity contribution in [1.29, 1.82) is 0 Å². The Kier molecular flexibility index (Phi) is 7.96. The summed E-state index contributed by atoms with van der Waals surface area (Å²) < 4.78 is 22.7. The molecule has 2 aromatic rings. The molecule has 0 saturated heterocycles. The van der Waals surface area contributed by atoms with Crippen LogP contribution in [0.25, 0.3) is 0 Å². The lowest BCUT2D eigenvalue weighted by Crippen LogP contribution is -2.38. The van der Waals surface area contributed by atoms with Crippen molar-refractivity contribution in [3.8, 4) is 0 Å². The van der Waals surface area contributed by atoms with E-state index in [0.717, 1.165) is 17.5 Å². The van der Waals surface area contributed by atoms with Crippen LogP contribution < -0.4 is 15.8 Å². The molecule has 0 saturated carbocycles. The van der Waals surface area contributed by atoms with Gasteiger partial charge in [-0.3, -0.25) is 4.79 Å². The lowest BCUT2D eigenvalue weighted by Gasteiger charge is -2.24. The number of hydrogen-bond acceptors (Lipinski definition) is 4. The van der Waals surface area contributed by atoms with Crippen LogP contribution in [0.1, 0.15) is 56.5 Å². The number of hydrogen-bond donors (Lipinski definition) is 3. The third-order valence-electron chi connectivity index (χ3n) is 4.98. The van der Waals surface area contributed by atoms with Crippen LogP contribution in [-0.2, 0) is 21.2 Å². The van der Waals surface area contributed by atoms with Crippen LogP contribution in [0, 0.1) is 5.92 Å². The molecule has 29 heavy (non-hydrogen) atoms. The van der Waals surface area contributed by atoms with Gasteiger partial charge in [0.25, 0.3) is 0 Å². The number of aryl methyl sites for hydroxylation is 1. The van der Waals surface area contributed by atoms with Gasteiger partial charge in [-0.15, -0.1) is 0 Å². The Labute approximate surface area is 173 Å². The van der Waals surface area contributed by atoms with E-state index in [1.165, 1.54) is 17.7 Å². The normalized spacial score (nSPS) is 13.9. The van der Waals surface area contributed by atoms with Gasteiger partial charge < -0.3 is 10.6 Å². The fourth-order valence-corrected chi connectivity index (χ4v) is 3.74. The third kappa shape index (κ3) is 6.66. The molecule has 4 N–H and O–H groups in total. The van der Waals surface area contributed by atoms with Gasteiger partial charge in [0.1, 0.15) is 0 Å². The summed E-state index contributed by atoms with van der Waals surface area (Å²) in [5.74, 6) is 0.210. The smallest absolute Gasteiger partial charge is 0.238 e. The number of primary sulfonamides is 1. The number of carbonyl (C=O) groups is 1. The Morgan fingerprint density at radius 1 is 0.966 bits per heavy atom. The minimum atomic E-state index is -3.72. The van der Waals surface area contributed by atoms with Crippen molar-refractivity contribution in [1.82, 2.24) is 10.6 Å². The van der Waals surface area contributed by atoms with Gasteiger partial charge in [0, 0.05) is 6.04 Å². The Hall–Kier alpha value is -2.22. The summed E-state index contributed by atoms with van der Waals surface area (Å²) in [5.41, 5.74) is 3.26. The molecule has 0 aromatic heterocycles. The third-order valence-corrected chi connectivity index (χ3v) is 5.91. The molecular formula is C22H31N3O3S. The van der Waals surface area contributed by atoms with Gasteiger partial charge >= 0.3 is 0 Å². The highest BCUT2D eigenvalue weighted by molar-refractivity contribution is 7.89. The van der Waals surface area contributed by atoms with Crippen LogP contribution in [0.2, 0.25) is 0 Å². The second-order valence-corrected chi connectivity index (χ2v) is 9.16. The summed E-state index contributed by atoms with van der Waals surface area (Å²) in [7, 11) is -3.72. The van der Waals surface area contributed by atoms with Crippen LogP contribution in [-0.4, -0.2) is 20.9 Å². The maximum atomic E-state index is 12.4. The molecule has 0 aliphatic heterocycles. The number of sulfonamides is 1. The number of nitrogens with two attached hydrogens (primary N) is 1. The first-order valence-electron chi connectivity index (χ1n) is 9.86. The summed E-state index contributed by atoms with van der Waals surface area (Å²) in [6.07, 6.45) is 0.999. The maximum absolute atomic E-state index is 12.4. The highest BCUT2D eigenvalue weighted by Crippen LogP contribution is 2.22. The van der Waals surface area contributed by atoms with Crippen molar-refractivity contribution in [2.75, 3.05) is 6.54 Å². The van der Waals surface area contributed by atoms with E-state index in [9.17, 15) is 13.2 Å².